The van der Waals surface area contributed by atoms with Crippen LogP contribution in [0.4, 0.5) is 5.69 Å². The van der Waals surface area contributed by atoms with Gasteiger partial charge in [-0.3, -0.25) is 9.69 Å². The van der Waals surface area contributed by atoms with Crippen LogP contribution in [0.3, 0.4) is 0 Å². The maximum Gasteiger partial charge on any atom is 0.263 e. The van der Waals surface area contributed by atoms with Gasteiger partial charge in [0.15, 0.2) is 0 Å². The van der Waals surface area contributed by atoms with Crippen molar-refractivity contribution < 1.29 is 9.90 Å². The Balaban J connectivity index is 1.85. The van der Waals surface area contributed by atoms with Crippen molar-refractivity contribution in [2.75, 3.05) is 4.90 Å². The second-order valence-corrected chi connectivity index (χ2v) is 6.61. The number of nitrogens with zero attached hydrogens (tertiary/aromatic N) is 1. The predicted octanol–water partition coefficient (Wildman–Crippen LogP) is 5.52. The van der Waals surface area contributed by atoms with Crippen molar-refractivity contribution in [2.45, 2.75) is 0 Å². The number of halogens is 1. The molecule has 0 saturated carbocycles. The second-order valence-electron chi connectivity index (χ2n) is 6.18. The molecule has 0 fully saturated rings. The van der Waals surface area contributed by atoms with Crippen molar-refractivity contribution in [3.05, 3.63) is 107 Å². The summed E-state index contributed by atoms with van der Waals surface area (Å²) in [6.45, 7) is 0. The number of anilines is 1. The maximum absolute atomic E-state index is 13.2. The van der Waals surface area contributed by atoms with Crippen LogP contribution in [0.5, 0.6) is 5.75 Å². The first-order chi connectivity index (χ1) is 13.1. The van der Waals surface area contributed by atoms with Gasteiger partial charge in [-0.25, -0.2) is 0 Å². The van der Waals surface area contributed by atoms with Crippen LogP contribution in [0, 0.1) is 0 Å². The molecule has 3 nitrogen and oxygen atoms in total. The molecular formula is C23H16ClNO2. The zero-order valence-corrected chi connectivity index (χ0v) is 15.1. The summed E-state index contributed by atoms with van der Waals surface area (Å²) in [7, 11) is 0. The molecular weight excluding hydrogens is 358 g/mol. The summed E-state index contributed by atoms with van der Waals surface area (Å²) >= 11 is 6.01. The minimum atomic E-state index is -0.190. The molecule has 0 aromatic heterocycles. The highest BCUT2D eigenvalue weighted by atomic mass is 35.5. The third kappa shape index (κ3) is 3.37. The Morgan fingerprint density at radius 3 is 2.22 bits per heavy atom. The Morgan fingerprint density at radius 1 is 0.852 bits per heavy atom. The van der Waals surface area contributed by atoms with Crippen LogP contribution in [0.25, 0.3) is 11.8 Å². The topological polar surface area (TPSA) is 40.5 Å². The normalized spacial score (nSPS) is 15.3. The minimum absolute atomic E-state index is 0.0478. The van der Waals surface area contributed by atoms with Crippen LogP contribution in [-0.4, -0.2) is 11.0 Å². The Kier molecular flexibility index (Phi) is 4.53. The van der Waals surface area contributed by atoms with Crippen LogP contribution in [0.1, 0.15) is 11.1 Å². The van der Waals surface area contributed by atoms with Crippen LogP contribution < -0.4 is 4.90 Å². The maximum atomic E-state index is 13.2. The molecule has 1 aliphatic rings. The standard InChI is InChI=1S/C23H16ClNO2/c24-19-12-10-17(11-13-19)21-15-18(14-16-6-2-1-3-7-16)23(27)25(21)20-8-4-5-9-22(20)26/h1-15,26H/b18-14+. The van der Waals surface area contributed by atoms with E-state index in [1.807, 2.05) is 54.6 Å². The molecule has 0 saturated heterocycles. The summed E-state index contributed by atoms with van der Waals surface area (Å²) in [4.78, 5) is 14.7. The third-order valence-corrected chi connectivity index (χ3v) is 4.62. The zero-order chi connectivity index (χ0) is 18.8. The van der Waals surface area contributed by atoms with Crippen molar-refractivity contribution >= 4 is 35.0 Å². The summed E-state index contributed by atoms with van der Waals surface area (Å²) in [5.41, 5.74) is 3.47. The van der Waals surface area contributed by atoms with E-state index >= 15 is 0 Å². The molecule has 0 radical (unpaired) electrons. The van der Waals surface area contributed by atoms with E-state index in [9.17, 15) is 9.90 Å². The van der Waals surface area contributed by atoms with Crippen LogP contribution in [0.2, 0.25) is 5.02 Å². The van der Waals surface area contributed by atoms with Crippen molar-refractivity contribution in [3.8, 4) is 5.75 Å². The van der Waals surface area contributed by atoms with E-state index < -0.39 is 0 Å². The van der Waals surface area contributed by atoms with Gasteiger partial charge in [-0.05, 0) is 47.5 Å². The predicted molar refractivity (Wildman–Crippen MR) is 109 cm³/mol. The largest absolute Gasteiger partial charge is 0.506 e. The molecule has 0 bridgehead atoms. The van der Waals surface area contributed by atoms with E-state index in [2.05, 4.69) is 0 Å². The molecule has 132 valence electrons. The van der Waals surface area contributed by atoms with E-state index in [0.29, 0.717) is 22.0 Å². The molecule has 3 aromatic rings. The lowest BCUT2D eigenvalue weighted by molar-refractivity contribution is -0.113. The summed E-state index contributed by atoms with van der Waals surface area (Å²) in [6.07, 6.45) is 3.68. The highest BCUT2D eigenvalue weighted by Crippen LogP contribution is 2.39. The van der Waals surface area contributed by atoms with Crippen LogP contribution in [0.15, 0.2) is 90.5 Å². The van der Waals surface area contributed by atoms with E-state index in [4.69, 9.17) is 11.6 Å². The molecule has 4 heteroatoms. The fourth-order valence-corrected chi connectivity index (χ4v) is 3.20. The minimum Gasteiger partial charge on any atom is -0.506 e. The van der Waals surface area contributed by atoms with E-state index in [1.54, 1.807) is 36.4 Å². The number of aromatic hydroxyl groups is 1. The van der Waals surface area contributed by atoms with Gasteiger partial charge in [0.25, 0.3) is 5.91 Å². The third-order valence-electron chi connectivity index (χ3n) is 4.37. The monoisotopic (exact) mass is 373 g/mol. The molecule has 0 aliphatic carbocycles. The molecule has 1 heterocycles. The van der Waals surface area contributed by atoms with Crippen molar-refractivity contribution in [1.29, 1.82) is 0 Å². The molecule has 1 N–H and O–H groups in total. The Labute approximate surface area is 162 Å². The Morgan fingerprint density at radius 2 is 1.52 bits per heavy atom. The van der Waals surface area contributed by atoms with Crippen LogP contribution >= 0.6 is 11.6 Å². The molecule has 1 aliphatic heterocycles. The molecule has 1 amide bonds. The lowest BCUT2D eigenvalue weighted by Crippen LogP contribution is -2.25. The van der Waals surface area contributed by atoms with Crippen molar-refractivity contribution in [1.82, 2.24) is 0 Å². The van der Waals surface area contributed by atoms with Gasteiger partial charge in [0, 0.05) is 10.6 Å². The summed E-state index contributed by atoms with van der Waals surface area (Å²) in [6, 6.07) is 23.8. The van der Waals surface area contributed by atoms with E-state index in [1.165, 1.54) is 4.90 Å². The number of phenols is 1. The number of hydrogen-bond donors (Lipinski definition) is 1. The number of phenolic OH excluding ortho intramolecular Hbond substituents is 1. The second kappa shape index (κ2) is 7.14. The lowest BCUT2D eigenvalue weighted by Gasteiger charge is -2.21. The van der Waals surface area contributed by atoms with Crippen molar-refractivity contribution in [2.24, 2.45) is 0 Å². The zero-order valence-electron chi connectivity index (χ0n) is 14.3. The SMILES string of the molecule is O=C1/C(=C/c2ccccc2)C=C(c2ccc(Cl)cc2)N1c1ccccc1O. The number of hydrogen-bond acceptors (Lipinski definition) is 2. The fraction of sp³-hybridized carbons (Fsp3) is 0. The first-order valence-electron chi connectivity index (χ1n) is 8.50. The number of rotatable bonds is 3. The number of benzene rings is 3. The molecule has 0 atom stereocenters. The summed E-state index contributed by atoms with van der Waals surface area (Å²) in [5, 5.41) is 10.9. The molecule has 27 heavy (non-hydrogen) atoms. The molecule has 4 rings (SSSR count). The van der Waals surface area contributed by atoms with Crippen LogP contribution in [-0.2, 0) is 4.79 Å². The average molecular weight is 374 g/mol. The van der Waals surface area contributed by atoms with Gasteiger partial charge >= 0.3 is 0 Å². The fourth-order valence-electron chi connectivity index (χ4n) is 3.07. The smallest absolute Gasteiger partial charge is 0.263 e. The van der Waals surface area contributed by atoms with Gasteiger partial charge in [-0.2, -0.15) is 0 Å². The lowest BCUT2D eigenvalue weighted by atomic mass is 10.1. The number of carbonyl (C=O) groups excluding carboxylic acids is 1. The number of para-hydroxylation sites is 2. The molecule has 0 unspecified atom stereocenters. The summed E-state index contributed by atoms with van der Waals surface area (Å²) in [5.74, 6) is -0.142. The van der Waals surface area contributed by atoms with Gasteiger partial charge in [-0.1, -0.05) is 66.2 Å². The summed E-state index contributed by atoms with van der Waals surface area (Å²) < 4.78 is 0. The molecule has 0 spiro atoms. The molecule has 3 aromatic carbocycles. The van der Waals surface area contributed by atoms with Gasteiger partial charge in [-0.15, -0.1) is 0 Å². The van der Waals surface area contributed by atoms with Gasteiger partial charge in [0.1, 0.15) is 5.75 Å². The highest BCUT2D eigenvalue weighted by Gasteiger charge is 2.31. The van der Waals surface area contributed by atoms with Gasteiger partial charge in [0.05, 0.1) is 11.4 Å². The van der Waals surface area contributed by atoms with E-state index in [-0.39, 0.29) is 11.7 Å². The first kappa shape index (κ1) is 17.1. The van der Waals surface area contributed by atoms with Gasteiger partial charge < -0.3 is 5.11 Å². The van der Waals surface area contributed by atoms with Gasteiger partial charge in [0.2, 0.25) is 0 Å². The van der Waals surface area contributed by atoms with E-state index in [0.717, 1.165) is 11.1 Å². The number of amides is 1. The Bertz CT molecular complexity index is 1050. The van der Waals surface area contributed by atoms with Crippen molar-refractivity contribution in [3.63, 3.8) is 0 Å². The Hall–Kier alpha value is -3.30. The highest BCUT2D eigenvalue weighted by molar-refractivity contribution is 6.30. The first-order valence-corrected chi connectivity index (χ1v) is 8.88. The number of carbonyl (C=O) groups is 1. The average Bonchev–Trinajstić information content (AvgIpc) is 3.00. The quantitative estimate of drug-likeness (QED) is 0.614.